The summed E-state index contributed by atoms with van der Waals surface area (Å²) < 4.78 is 0. The molecule has 1 saturated heterocycles. The van der Waals surface area contributed by atoms with Crippen LogP contribution in [0, 0.1) is 0 Å². The van der Waals surface area contributed by atoms with Crippen LogP contribution in [0.25, 0.3) is 0 Å². The number of halogens is 1. The molecule has 0 aromatic heterocycles. The van der Waals surface area contributed by atoms with E-state index in [1.807, 2.05) is 0 Å². The normalized spacial score (nSPS) is 32.2. The van der Waals surface area contributed by atoms with E-state index in [0.717, 1.165) is 0 Å². The highest BCUT2D eigenvalue weighted by atomic mass is 79.9. The summed E-state index contributed by atoms with van der Waals surface area (Å²) in [6.07, 6.45) is -1.91. The molecule has 0 spiro atoms. The van der Waals surface area contributed by atoms with Crippen LogP contribution in [0.3, 0.4) is 0 Å². The lowest BCUT2D eigenvalue weighted by atomic mass is 10.3. The first-order valence-electron chi connectivity index (χ1n) is 3.07. The summed E-state index contributed by atoms with van der Waals surface area (Å²) in [5.41, 5.74) is 0. The molecule has 1 aliphatic heterocycles. The van der Waals surface area contributed by atoms with Gasteiger partial charge in [-0.2, -0.15) is 0 Å². The van der Waals surface area contributed by atoms with E-state index < -0.39 is 12.3 Å². The summed E-state index contributed by atoms with van der Waals surface area (Å²) >= 11 is 3.17. The minimum Gasteiger partial charge on any atom is -0.448 e. The molecule has 64 valence electrons. The largest absolute Gasteiger partial charge is 0.525 e. The summed E-state index contributed by atoms with van der Waals surface area (Å²) in [6, 6.07) is 0. The summed E-state index contributed by atoms with van der Waals surface area (Å²) in [6.45, 7) is 0.607. The Morgan fingerprint density at radius 3 is 2.64 bits per heavy atom. The van der Waals surface area contributed by atoms with Crippen LogP contribution < -0.4 is 0 Å². The lowest BCUT2D eigenvalue weighted by Crippen LogP contribution is -2.25. The third-order valence-electron chi connectivity index (χ3n) is 1.39. The molecule has 0 bridgehead atoms. The van der Waals surface area contributed by atoms with Gasteiger partial charge in [-0.1, -0.05) is 15.9 Å². The van der Waals surface area contributed by atoms with Crippen molar-refractivity contribution < 1.29 is 19.8 Å². The Kier molecular flexibility index (Phi) is 2.69. The number of nitrogens with zero attached hydrogens (tertiary/aromatic N) is 1. The minimum atomic E-state index is -1.35. The maximum atomic E-state index is 10.0. The number of β-amino-alcohol motifs (C(OH)–C–C–N with tert-alkyl or cyclic N) is 1. The highest BCUT2D eigenvalue weighted by Crippen LogP contribution is 2.17. The Bertz CT molecular complexity index is 155. The molecule has 1 rings (SSSR count). The third kappa shape index (κ3) is 2.32. The van der Waals surface area contributed by atoms with Gasteiger partial charge in [-0.15, -0.1) is 5.06 Å². The Labute approximate surface area is 71.6 Å². The van der Waals surface area contributed by atoms with Gasteiger partial charge in [0.05, 0.1) is 24.0 Å². The molecule has 0 radical (unpaired) electrons. The lowest BCUT2D eigenvalue weighted by molar-refractivity contribution is -0.107. The van der Waals surface area contributed by atoms with E-state index >= 15 is 0 Å². The van der Waals surface area contributed by atoms with E-state index in [1.165, 1.54) is 5.06 Å². The molecule has 0 aromatic carbocycles. The molecule has 0 saturated carbocycles. The second-order valence-corrected chi connectivity index (χ2v) is 3.46. The maximum Gasteiger partial charge on any atom is 0.525 e. The van der Waals surface area contributed by atoms with E-state index in [-0.39, 0.29) is 11.4 Å². The number of hydrogen-bond donors (Lipinski definition) is 2. The number of carboxylic acid groups (broad SMARTS) is 1. The summed E-state index contributed by atoms with van der Waals surface area (Å²) in [7, 11) is 0. The number of carbonyl (C=O) groups is 1. The summed E-state index contributed by atoms with van der Waals surface area (Å²) in [4.78, 5) is 14.2. The number of alkyl halides is 1. The predicted octanol–water partition coefficient (Wildman–Crippen LogP) is 0.0360. The van der Waals surface area contributed by atoms with Crippen LogP contribution >= 0.6 is 15.9 Å². The topological polar surface area (TPSA) is 70.0 Å². The molecule has 11 heavy (non-hydrogen) atoms. The molecule has 0 aromatic rings. The molecule has 5 nitrogen and oxygen atoms in total. The number of hydroxylamine groups is 2. The first-order valence-corrected chi connectivity index (χ1v) is 3.99. The molecular formula is C5H8BrNO4. The first kappa shape index (κ1) is 8.76. The van der Waals surface area contributed by atoms with Gasteiger partial charge < -0.3 is 15.1 Å². The average molecular weight is 226 g/mol. The predicted molar refractivity (Wildman–Crippen MR) is 39.4 cm³/mol. The molecule has 0 amide bonds. The number of aliphatic hydroxyl groups excluding tert-OH is 1. The van der Waals surface area contributed by atoms with E-state index in [4.69, 9.17) is 10.2 Å². The molecule has 1 aliphatic rings. The van der Waals surface area contributed by atoms with Crippen molar-refractivity contribution in [2.24, 2.45) is 0 Å². The molecular weight excluding hydrogens is 218 g/mol. The van der Waals surface area contributed by atoms with Gasteiger partial charge in [-0.25, -0.2) is 4.79 Å². The highest BCUT2D eigenvalue weighted by Gasteiger charge is 2.31. The van der Waals surface area contributed by atoms with Crippen LogP contribution in [0.5, 0.6) is 0 Å². The molecule has 2 atom stereocenters. The van der Waals surface area contributed by atoms with Gasteiger partial charge in [0.2, 0.25) is 0 Å². The van der Waals surface area contributed by atoms with Crippen LogP contribution in [0.2, 0.25) is 0 Å². The van der Waals surface area contributed by atoms with Crippen LogP contribution in [-0.2, 0) is 4.84 Å². The van der Waals surface area contributed by atoms with Crippen LogP contribution in [0.15, 0.2) is 0 Å². The third-order valence-corrected chi connectivity index (χ3v) is 2.29. The maximum absolute atomic E-state index is 10.0. The van der Waals surface area contributed by atoms with E-state index in [0.29, 0.717) is 6.54 Å². The second-order valence-electron chi connectivity index (χ2n) is 2.29. The Balaban J connectivity index is 2.35. The Morgan fingerprint density at radius 1 is 1.64 bits per heavy atom. The van der Waals surface area contributed by atoms with Gasteiger partial charge in [-0.05, 0) is 0 Å². The molecule has 2 unspecified atom stereocenters. The van der Waals surface area contributed by atoms with E-state index in [1.54, 1.807) is 0 Å². The van der Waals surface area contributed by atoms with Gasteiger partial charge >= 0.3 is 6.16 Å². The monoisotopic (exact) mass is 225 g/mol. The van der Waals surface area contributed by atoms with E-state index in [2.05, 4.69) is 20.8 Å². The molecule has 1 heterocycles. The van der Waals surface area contributed by atoms with Gasteiger partial charge in [0, 0.05) is 0 Å². The molecule has 6 heteroatoms. The van der Waals surface area contributed by atoms with Gasteiger partial charge in [0.15, 0.2) is 0 Å². The van der Waals surface area contributed by atoms with Crippen molar-refractivity contribution in [2.75, 3.05) is 13.1 Å². The molecule has 0 aliphatic carbocycles. The van der Waals surface area contributed by atoms with Crippen molar-refractivity contribution in [2.45, 2.75) is 10.9 Å². The zero-order valence-corrected chi connectivity index (χ0v) is 7.19. The zero-order valence-electron chi connectivity index (χ0n) is 5.61. The van der Waals surface area contributed by atoms with Crippen molar-refractivity contribution in [3.05, 3.63) is 0 Å². The van der Waals surface area contributed by atoms with Crippen molar-refractivity contribution in [1.29, 1.82) is 0 Å². The smallest absolute Gasteiger partial charge is 0.448 e. The standard InChI is InChI=1S/C5H8BrNO4/c6-3-1-7(2-4(3)8)11-5(9)10/h3-4,8H,1-2H2,(H,9,10). The fourth-order valence-electron chi connectivity index (χ4n) is 0.899. The zero-order chi connectivity index (χ0) is 8.43. The van der Waals surface area contributed by atoms with Gasteiger partial charge in [0.1, 0.15) is 0 Å². The SMILES string of the molecule is O=C(O)ON1CC(O)C(Br)C1. The minimum absolute atomic E-state index is 0.109. The Morgan fingerprint density at radius 2 is 2.27 bits per heavy atom. The fraction of sp³-hybridized carbons (Fsp3) is 0.800. The summed E-state index contributed by atoms with van der Waals surface area (Å²) in [5.74, 6) is 0. The van der Waals surface area contributed by atoms with Crippen LogP contribution in [0.1, 0.15) is 0 Å². The number of aliphatic hydroxyl groups is 1. The average Bonchev–Trinajstić information content (AvgIpc) is 2.10. The molecule has 2 N–H and O–H groups in total. The van der Waals surface area contributed by atoms with Crippen molar-refractivity contribution in [1.82, 2.24) is 5.06 Å². The van der Waals surface area contributed by atoms with Crippen LogP contribution in [-0.4, -0.2) is 45.5 Å². The number of rotatable bonds is 1. The lowest BCUT2D eigenvalue weighted by Gasteiger charge is -2.10. The highest BCUT2D eigenvalue weighted by molar-refractivity contribution is 9.09. The summed E-state index contributed by atoms with van der Waals surface area (Å²) in [5, 5.41) is 18.5. The quantitative estimate of drug-likeness (QED) is 0.617. The fourth-order valence-corrected chi connectivity index (χ4v) is 1.39. The second kappa shape index (κ2) is 3.38. The van der Waals surface area contributed by atoms with E-state index in [9.17, 15) is 4.79 Å². The van der Waals surface area contributed by atoms with Crippen molar-refractivity contribution in [3.8, 4) is 0 Å². The van der Waals surface area contributed by atoms with Gasteiger partial charge in [-0.3, -0.25) is 0 Å². The first-order chi connectivity index (χ1) is 5.09. The van der Waals surface area contributed by atoms with Crippen LogP contribution in [0.4, 0.5) is 4.79 Å². The molecule has 1 fully saturated rings. The van der Waals surface area contributed by atoms with Crippen molar-refractivity contribution in [3.63, 3.8) is 0 Å². The van der Waals surface area contributed by atoms with Crippen molar-refractivity contribution >= 4 is 22.1 Å². The van der Waals surface area contributed by atoms with Gasteiger partial charge in [0.25, 0.3) is 0 Å². The Hall–Kier alpha value is -0.330. The number of hydrogen-bond acceptors (Lipinski definition) is 4.